The Balaban J connectivity index is 2.80. The number of carbonyl (C=O) groups excluding carboxylic acids is 1. The normalized spacial score (nSPS) is 11.2. The number of benzene rings is 1. The van der Waals surface area contributed by atoms with Crippen LogP contribution in [0.5, 0.6) is 0 Å². The number of aliphatic hydroxyl groups excluding tert-OH is 1. The summed E-state index contributed by atoms with van der Waals surface area (Å²) in [6.07, 6.45) is 4.72. The van der Waals surface area contributed by atoms with E-state index >= 15 is 0 Å². The summed E-state index contributed by atoms with van der Waals surface area (Å²) in [6, 6.07) is 6.19. The van der Waals surface area contributed by atoms with Crippen molar-refractivity contribution in [3.8, 4) is 0 Å². The van der Waals surface area contributed by atoms with Gasteiger partial charge in [0.15, 0.2) is 0 Å². The van der Waals surface area contributed by atoms with Crippen molar-refractivity contribution in [2.45, 2.75) is 32.7 Å². The summed E-state index contributed by atoms with van der Waals surface area (Å²) in [6.45, 7) is 4.29. The third kappa shape index (κ3) is 4.78. The highest BCUT2D eigenvalue weighted by Crippen LogP contribution is 2.11. The predicted molar refractivity (Wildman–Crippen MR) is 78.6 cm³/mol. The number of halogens is 1. The second kappa shape index (κ2) is 8.48. The third-order valence-corrected chi connectivity index (χ3v) is 3.27. The SMILES string of the molecule is CCC(CC)N(CCO)C(=O)C=Cc1cccc(F)c1. The van der Waals surface area contributed by atoms with Gasteiger partial charge in [-0.05, 0) is 36.6 Å². The molecule has 0 atom stereocenters. The highest BCUT2D eigenvalue weighted by atomic mass is 19.1. The Bertz CT molecular complexity index is 456. The molecule has 0 unspecified atom stereocenters. The lowest BCUT2D eigenvalue weighted by Crippen LogP contribution is -2.40. The van der Waals surface area contributed by atoms with Crippen LogP contribution in [0, 0.1) is 5.82 Å². The fourth-order valence-electron chi connectivity index (χ4n) is 2.18. The Labute approximate surface area is 119 Å². The van der Waals surface area contributed by atoms with Gasteiger partial charge in [0, 0.05) is 18.7 Å². The average Bonchev–Trinajstić information content (AvgIpc) is 2.45. The fraction of sp³-hybridized carbons (Fsp3) is 0.438. The van der Waals surface area contributed by atoms with E-state index in [1.165, 1.54) is 18.2 Å². The molecule has 110 valence electrons. The van der Waals surface area contributed by atoms with E-state index in [4.69, 9.17) is 5.11 Å². The lowest BCUT2D eigenvalue weighted by Gasteiger charge is -2.29. The smallest absolute Gasteiger partial charge is 0.246 e. The lowest BCUT2D eigenvalue weighted by atomic mass is 10.1. The molecule has 0 saturated heterocycles. The summed E-state index contributed by atoms with van der Waals surface area (Å²) in [4.78, 5) is 13.8. The number of nitrogens with zero attached hydrogens (tertiary/aromatic N) is 1. The lowest BCUT2D eigenvalue weighted by molar-refractivity contribution is -0.128. The van der Waals surface area contributed by atoms with E-state index < -0.39 is 0 Å². The van der Waals surface area contributed by atoms with Crippen molar-refractivity contribution >= 4 is 12.0 Å². The van der Waals surface area contributed by atoms with Crippen LogP contribution in [0.4, 0.5) is 4.39 Å². The molecule has 0 heterocycles. The molecule has 1 rings (SSSR count). The zero-order valence-corrected chi connectivity index (χ0v) is 12.1. The number of hydrogen-bond acceptors (Lipinski definition) is 2. The molecular formula is C16H22FNO2. The minimum atomic E-state index is -0.327. The highest BCUT2D eigenvalue weighted by Gasteiger charge is 2.18. The van der Waals surface area contributed by atoms with Gasteiger partial charge in [-0.25, -0.2) is 4.39 Å². The Kier molecular flexibility index (Phi) is 6.94. The van der Waals surface area contributed by atoms with E-state index in [0.29, 0.717) is 12.1 Å². The third-order valence-electron chi connectivity index (χ3n) is 3.27. The maximum atomic E-state index is 13.0. The standard InChI is InChI=1S/C16H22FNO2/c1-3-15(4-2)18(10-11-19)16(20)9-8-13-6-5-7-14(17)12-13/h5-9,12,15,19H,3-4,10-11H2,1-2H3. The molecule has 0 radical (unpaired) electrons. The quantitative estimate of drug-likeness (QED) is 0.780. The Morgan fingerprint density at radius 2 is 2.10 bits per heavy atom. The van der Waals surface area contributed by atoms with Gasteiger partial charge in [0.1, 0.15) is 5.82 Å². The summed E-state index contributed by atoms with van der Waals surface area (Å²) in [5, 5.41) is 9.08. The van der Waals surface area contributed by atoms with Crippen molar-refractivity contribution < 1.29 is 14.3 Å². The monoisotopic (exact) mass is 279 g/mol. The zero-order valence-electron chi connectivity index (χ0n) is 12.1. The molecule has 0 aliphatic rings. The van der Waals surface area contributed by atoms with Gasteiger partial charge in [0.2, 0.25) is 5.91 Å². The second-order valence-electron chi connectivity index (χ2n) is 4.61. The van der Waals surface area contributed by atoms with Crippen LogP contribution in [0.25, 0.3) is 6.08 Å². The van der Waals surface area contributed by atoms with Crippen LogP contribution >= 0.6 is 0 Å². The molecule has 1 aromatic rings. The molecule has 0 fully saturated rings. The van der Waals surface area contributed by atoms with Gasteiger partial charge < -0.3 is 10.0 Å². The summed E-state index contributed by atoms with van der Waals surface area (Å²) >= 11 is 0. The van der Waals surface area contributed by atoms with Gasteiger partial charge in [-0.15, -0.1) is 0 Å². The first kappa shape index (κ1) is 16.4. The molecular weight excluding hydrogens is 257 g/mol. The van der Waals surface area contributed by atoms with Crippen LogP contribution in [0.2, 0.25) is 0 Å². The molecule has 0 aliphatic heterocycles. The molecule has 20 heavy (non-hydrogen) atoms. The number of hydrogen-bond donors (Lipinski definition) is 1. The number of rotatable bonds is 7. The molecule has 1 N–H and O–H groups in total. The zero-order chi connectivity index (χ0) is 15.0. The average molecular weight is 279 g/mol. The second-order valence-corrected chi connectivity index (χ2v) is 4.61. The summed E-state index contributed by atoms with van der Waals surface area (Å²) in [5.74, 6) is -0.483. The molecule has 1 amide bonds. The maximum absolute atomic E-state index is 13.0. The van der Waals surface area contributed by atoms with Gasteiger partial charge >= 0.3 is 0 Å². The molecule has 4 heteroatoms. The molecule has 1 aromatic carbocycles. The van der Waals surface area contributed by atoms with Crippen molar-refractivity contribution in [2.75, 3.05) is 13.2 Å². The fourth-order valence-corrected chi connectivity index (χ4v) is 2.18. The van der Waals surface area contributed by atoms with Crippen LogP contribution < -0.4 is 0 Å². The topological polar surface area (TPSA) is 40.5 Å². The number of carbonyl (C=O) groups is 1. The van der Waals surface area contributed by atoms with Crippen molar-refractivity contribution in [1.82, 2.24) is 4.90 Å². The van der Waals surface area contributed by atoms with E-state index in [1.807, 2.05) is 13.8 Å². The van der Waals surface area contributed by atoms with Gasteiger partial charge in [0.05, 0.1) is 6.61 Å². The first-order valence-electron chi connectivity index (χ1n) is 6.97. The van der Waals surface area contributed by atoms with E-state index in [9.17, 15) is 9.18 Å². The maximum Gasteiger partial charge on any atom is 0.246 e. The Hall–Kier alpha value is -1.68. The van der Waals surface area contributed by atoms with E-state index in [-0.39, 0.29) is 24.4 Å². The van der Waals surface area contributed by atoms with E-state index in [2.05, 4.69) is 0 Å². The summed E-state index contributed by atoms with van der Waals surface area (Å²) < 4.78 is 13.0. The van der Waals surface area contributed by atoms with E-state index in [1.54, 1.807) is 23.1 Å². The molecule has 0 spiro atoms. The van der Waals surface area contributed by atoms with Gasteiger partial charge in [-0.2, -0.15) is 0 Å². The highest BCUT2D eigenvalue weighted by molar-refractivity contribution is 5.92. The number of amides is 1. The number of aliphatic hydroxyl groups is 1. The molecule has 0 aliphatic carbocycles. The van der Waals surface area contributed by atoms with Crippen LogP contribution in [0.1, 0.15) is 32.3 Å². The van der Waals surface area contributed by atoms with Crippen molar-refractivity contribution in [3.63, 3.8) is 0 Å². The first-order valence-corrected chi connectivity index (χ1v) is 6.97. The summed E-state index contributed by atoms with van der Waals surface area (Å²) in [5.41, 5.74) is 0.645. The largest absolute Gasteiger partial charge is 0.395 e. The molecule has 0 saturated carbocycles. The van der Waals surface area contributed by atoms with Crippen LogP contribution in [0.15, 0.2) is 30.3 Å². The first-order chi connectivity index (χ1) is 9.62. The van der Waals surface area contributed by atoms with Crippen LogP contribution in [0.3, 0.4) is 0 Å². The van der Waals surface area contributed by atoms with Crippen molar-refractivity contribution in [1.29, 1.82) is 0 Å². The van der Waals surface area contributed by atoms with Crippen molar-refractivity contribution in [2.24, 2.45) is 0 Å². The van der Waals surface area contributed by atoms with Gasteiger partial charge in [0.25, 0.3) is 0 Å². The van der Waals surface area contributed by atoms with Crippen LogP contribution in [-0.2, 0) is 4.79 Å². The minimum Gasteiger partial charge on any atom is -0.395 e. The molecule has 0 bridgehead atoms. The van der Waals surface area contributed by atoms with Gasteiger partial charge in [-0.1, -0.05) is 26.0 Å². The van der Waals surface area contributed by atoms with Gasteiger partial charge in [-0.3, -0.25) is 4.79 Å². The predicted octanol–water partition coefficient (Wildman–Crippen LogP) is 2.85. The minimum absolute atomic E-state index is 0.0595. The Morgan fingerprint density at radius 1 is 1.40 bits per heavy atom. The molecule has 3 nitrogen and oxygen atoms in total. The molecule has 0 aromatic heterocycles. The van der Waals surface area contributed by atoms with Crippen molar-refractivity contribution in [3.05, 3.63) is 41.7 Å². The summed E-state index contributed by atoms with van der Waals surface area (Å²) in [7, 11) is 0. The Morgan fingerprint density at radius 3 is 2.65 bits per heavy atom. The van der Waals surface area contributed by atoms with E-state index in [0.717, 1.165) is 12.8 Å². The van der Waals surface area contributed by atoms with Crippen LogP contribution in [-0.4, -0.2) is 35.1 Å².